The van der Waals surface area contributed by atoms with E-state index in [-0.39, 0.29) is 6.61 Å². The molecule has 1 N–H and O–H groups in total. The number of carbonyl (C=O) groups excluding carboxylic acids is 1. The van der Waals surface area contributed by atoms with Crippen LogP contribution in [-0.4, -0.2) is 54.8 Å². The quantitative estimate of drug-likeness (QED) is 0.557. The zero-order chi connectivity index (χ0) is 15.0. The second kappa shape index (κ2) is 8.02. The average molecular weight is 280 g/mol. The van der Waals surface area contributed by atoms with E-state index in [0.717, 1.165) is 30.4 Å². The van der Waals surface area contributed by atoms with Crippen molar-refractivity contribution in [2.24, 2.45) is 0 Å². The summed E-state index contributed by atoms with van der Waals surface area (Å²) in [5.41, 5.74) is 0.516. The number of carbonyl (C=O) groups is 1. The molecular formula is C16H26NO3+. The van der Waals surface area contributed by atoms with Crippen molar-refractivity contribution in [1.82, 2.24) is 0 Å². The summed E-state index contributed by atoms with van der Waals surface area (Å²) >= 11 is 0. The van der Waals surface area contributed by atoms with Crippen molar-refractivity contribution in [3.05, 3.63) is 29.8 Å². The molecule has 0 bridgehead atoms. The normalized spacial score (nSPS) is 13.0. The lowest BCUT2D eigenvalue weighted by Crippen LogP contribution is -2.52. The Morgan fingerprint density at radius 3 is 2.35 bits per heavy atom. The first-order valence-electron chi connectivity index (χ1n) is 7.31. The van der Waals surface area contributed by atoms with E-state index in [1.54, 1.807) is 18.2 Å². The Labute approximate surface area is 121 Å². The number of hydrogen-bond donors (Lipinski definition) is 1. The second-order valence-corrected chi connectivity index (χ2v) is 5.09. The number of aliphatic hydroxyl groups excluding tert-OH is 1. The van der Waals surface area contributed by atoms with Crippen LogP contribution in [0, 0.1) is 0 Å². The summed E-state index contributed by atoms with van der Waals surface area (Å²) in [5, 5.41) is 10.2. The van der Waals surface area contributed by atoms with Crippen LogP contribution in [0.4, 0.5) is 0 Å². The second-order valence-electron chi connectivity index (χ2n) is 5.09. The van der Waals surface area contributed by atoms with E-state index in [2.05, 4.69) is 20.8 Å². The minimum Gasteiger partial charge on any atom is -0.490 e. The first-order valence-corrected chi connectivity index (χ1v) is 7.31. The van der Waals surface area contributed by atoms with Gasteiger partial charge in [-0.25, -0.2) is 0 Å². The lowest BCUT2D eigenvalue weighted by molar-refractivity contribution is -0.926. The number of aldehydes is 1. The molecule has 0 saturated carbocycles. The Kier molecular flexibility index (Phi) is 6.68. The molecule has 4 nitrogen and oxygen atoms in total. The molecule has 1 aromatic carbocycles. The van der Waals surface area contributed by atoms with Crippen LogP contribution in [-0.2, 0) is 0 Å². The molecule has 0 amide bonds. The topological polar surface area (TPSA) is 46.5 Å². The van der Waals surface area contributed by atoms with Crippen LogP contribution < -0.4 is 4.74 Å². The summed E-state index contributed by atoms with van der Waals surface area (Å²) in [7, 11) is 0. The van der Waals surface area contributed by atoms with Crippen molar-refractivity contribution in [1.29, 1.82) is 0 Å². The number of benzene rings is 1. The summed E-state index contributed by atoms with van der Waals surface area (Å²) in [6.07, 6.45) is 0.237. The number of hydrogen-bond acceptors (Lipinski definition) is 3. The highest BCUT2D eigenvalue weighted by atomic mass is 16.5. The molecule has 4 heteroatoms. The van der Waals surface area contributed by atoms with Gasteiger partial charge in [-0.2, -0.15) is 0 Å². The van der Waals surface area contributed by atoms with Gasteiger partial charge in [0.15, 0.2) is 6.29 Å². The lowest BCUT2D eigenvalue weighted by Gasteiger charge is -2.37. The van der Waals surface area contributed by atoms with Gasteiger partial charge in [0.05, 0.1) is 25.2 Å². The van der Waals surface area contributed by atoms with Crippen molar-refractivity contribution in [2.45, 2.75) is 26.9 Å². The molecule has 1 aromatic rings. The van der Waals surface area contributed by atoms with Crippen LogP contribution in [0.15, 0.2) is 24.3 Å². The third-order valence-corrected chi connectivity index (χ3v) is 4.09. The van der Waals surface area contributed by atoms with Crippen LogP contribution >= 0.6 is 0 Å². The highest BCUT2D eigenvalue weighted by Gasteiger charge is 2.25. The van der Waals surface area contributed by atoms with Gasteiger partial charge in [0.1, 0.15) is 25.0 Å². The van der Waals surface area contributed by atoms with Gasteiger partial charge in [0.25, 0.3) is 0 Å². The molecular weight excluding hydrogens is 254 g/mol. The molecule has 0 aliphatic rings. The fourth-order valence-corrected chi connectivity index (χ4v) is 2.45. The number of quaternary nitrogens is 1. The van der Waals surface area contributed by atoms with Crippen molar-refractivity contribution in [3.63, 3.8) is 0 Å². The van der Waals surface area contributed by atoms with Crippen molar-refractivity contribution in [3.8, 4) is 5.75 Å². The standard InChI is InChI=1S/C16H26NO3/c1-4-17(5-2,6-3)11-15(19)13-20-16-10-8-7-9-14(16)12-18/h7-10,12,15,19H,4-6,11,13H2,1-3H3/q+1. The van der Waals surface area contributed by atoms with E-state index >= 15 is 0 Å². The summed E-state index contributed by atoms with van der Waals surface area (Å²) in [6, 6.07) is 7.07. The third-order valence-electron chi connectivity index (χ3n) is 4.09. The summed E-state index contributed by atoms with van der Waals surface area (Å²) in [5.74, 6) is 0.532. The van der Waals surface area contributed by atoms with E-state index in [1.807, 2.05) is 6.07 Å². The zero-order valence-corrected chi connectivity index (χ0v) is 12.7. The number of rotatable bonds is 9. The SMILES string of the molecule is CC[N+](CC)(CC)CC(O)COc1ccccc1C=O. The van der Waals surface area contributed by atoms with Gasteiger partial charge in [-0.1, -0.05) is 12.1 Å². The molecule has 0 aliphatic carbocycles. The maximum Gasteiger partial charge on any atom is 0.153 e. The van der Waals surface area contributed by atoms with E-state index in [4.69, 9.17) is 4.74 Å². The molecule has 0 aromatic heterocycles. The van der Waals surface area contributed by atoms with Crippen LogP contribution in [0.2, 0.25) is 0 Å². The number of nitrogens with zero attached hydrogens (tertiary/aromatic N) is 1. The molecule has 1 atom stereocenters. The first-order chi connectivity index (χ1) is 9.60. The Bertz CT molecular complexity index is 408. The number of ether oxygens (including phenoxy) is 1. The Morgan fingerprint density at radius 2 is 1.80 bits per heavy atom. The number of aliphatic hydroxyl groups is 1. The van der Waals surface area contributed by atoms with Crippen LogP contribution in [0.1, 0.15) is 31.1 Å². The fraction of sp³-hybridized carbons (Fsp3) is 0.562. The molecule has 0 radical (unpaired) electrons. The fourth-order valence-electron chi connectivity index (χ4n) is 2.45. The minimum absolute atomic E-state index is 0.213. The number of para-hydroxylation sites is 1. The van der Waals surface area contributed by atoms with Gasteiger partial charge >= 0.3 is 0 Å². The molecule has 0 spiro atoms. The largest absolute Gasteiger partial charge is 0.490 e. The maximum atomic E-state index is 10.9. The Balaban J connectivity index is 2.59. The molecule has 1 unspecified atom stereocenters. The molecule has 0 heterocycles. The molecule has 20 heavy (non-hydrogen) atoms. The van der Waals surface area contributed by atoms with Crippen LogP contribution in [0.3, 0.4) is 0 Å². The molecule has 0 aliphatic heterocycles. The highest BCUT2D eigenvalue weighted by Crippen LogP contribution is 2.16. The minimum atomic E-state index is -0.533. The molecule has 0 fully saturated rings. The van der Waals surface area contributed by atoms with Crippen LogP contribution in [0.5, 0.6) is 5.75 Å². The zero-order valence-electron chi connectivity index (χ0n) is 12.7. The van der Waals surface area contributed by atoms with Gasteiger partial charge in [-0.15, -0.1) is 0 Å². The molecule has 1 rings (SSSR count). The predicted octanol–water partition coefficient (Wildman–Crippen LogP) is 2.12. The monoisotopic (exact) mass is 280 g/mol. The first kappa shape index (κ1) is 16.7. The average Bonchev–Trinajstić information content (AvgIpc) is 2.51. The number of likely N-dealkylation sites (N-methyl/N-ethyl adjacent to an activating group) is 1. The Morgan fingerprint density at radius 1 is 1.20 bits per heavy atom. The van der Waals surface area contributed by atoms with Gasteiger partial charge in [0.2, 0.25) is 0 Å². The lowest BCUT2D eigenvalue weighted by atomic mass is 10.2. The van der Waals surface area contributed by atoms with E-state index in [9.17, 15) is 9.90 Å². The predicted molar refractivity (Wildman–Crippen MR) is 80.1 cm³/mol. The molecule has 0 saturated heterocycles. The maximum absolute atomic E-state index is 10.9. The van der Waals surface area contributed by atoms with Gasteiger partial charge in [-0.3, -0.25) is 4.79 Å². The summed E-state index contributed by atoms with van der Waals surface area (Å²) in [6.45, 7) is 10.3. The van der Waals surface area contributed by atoms with Gasteiger partial charge in [0, 0.05) is 0 Å². The van der Waals surface area contributed by atoms with E-state index in [1.165, 1.54) is 0 Å². The summed E-state index contributed by atoms with van der Waals surface area (Å²) in [4.78, 5) is 10.9. The highest BCUT2D eigenvalue weighted by molar-refractivity contribution is 5.79. The van der Waals surface area contributed by atoms with Crippen LogP contribution in [0.25, 0.3) is 0 Å². The van der Waals surface area contributed by atoms with E-state index < -0.39 is 6.10 Å². The van der Waals surface area contributed by atoms with Gasteiger partial charge in [-0.05, 0) is 32.9 Å². The van der Waals surface area contributed by atoms with Gasteiger partial charge < -0.3 is 14.3 Å². The summed E-state index contributed by atoms with van der Waals surface area (Å²) < 4.78 is 6.45. The van der Waals surface area contributed by atoms with Crippen molar-refractivity contribution >= 4 is 6.29 Å². The Hall–Kier alpha value is -1.39. The van der Waals surface area contributed by atoms with Crippen molar-refractivity contribution in [2.75, 3.05) is 32.8 Å². The van der Waals surface area contributed by atoms with E-state index in [0.29, 0.717) is 17.9 Å². The van der Waals surface area contributed by atoms with Crippen molar-refractivity contribution < 1.29 is 19.1 Å². The molecule has 112 valence electrons. The third kappa shape index (κ3) is 4.32. The smallest absolute Gasteiger partial charge is 0.153 e.